The van der Waals surface area contributed by atoms with E-state index in [1.54, 1.807) is 6.20 Å². The molecule has 3 rings (SSSR count). The molecule has 1 atom stereocenters. The van der Waals surface area contributed by atoms with E-state index >= 15 is 0 Å². The summed E-state index contributed by atoms with van der Waals surface area (Å²) in [6, 6.07) is 3.06. The number of hydrogen-bond donors (Lipinski definition) is 1. The molecule has 1 N–H and O–H groups in total. The lowest BCUT2D eigenvalue weighted by molar-refractivity contribution is -0.143. The Morgan fingerprint density at radius 2 is 2.20 bits per heavy atom. The second kappa shape index (κ2) is 5.20. The lowest BCUT2D eigenvalue weighted by Crippen LogP contribution is -2.48. The highest BCUT2D eigenvalue weighted by atomic mass is 32.1. The molecule has 0 radical (unpaired) electrons. The first kappa shape index (κ1) is 13.1. The largest absolute Gasteiger partial charge is 0.480 e. The van der Waals surface area contributed by atoms with Crippen LogP contribution in [0.2, 0.25) is 0 Å². The van der Waals surface area contributed by atoms with Gasteiger partial charge in [-0.2, -0.15) is 0 Å². The van der Waals surface area contributed by atoms with Crippen molar-refractivity contribution in [3.8, 4) is 0 Å². The normalized spacial score (nSPS) is 19.2. The molecule has 0 aromatic carbocycles. The van der Waals surface area contributed by atoms with Crippen LogP contribution in [0.5, 0.6) is 0 Å². The minimum absolute atomic E-state index is 0.273. The molecule has 0 aliphatic carbocycles. The summed E-state index contributed by atoms with van der Waals surface area (Å²) in [6.07, 6.45) is 3.80. The fraction of sp³-hybridized carbons (Fsp3) is 0.357. The Balaban J connectivity index is 1.98. The Morgan fingerprint density at radius 1 is 1.35 bits per heavy atom. The van der Waals surface area contributed by atoms with E-state index in [1.807, 2.05) is 17.5 Å². The summed E-state index contributed by atoms with van der Waals surface area (Å²) in [4.78, 5) is 29.6. The van der Waals surface area contributed by atoms with Crippen molar-refractivity contribution in [2.75, 3.05) is 6.54 Å². The smallest absolute Gasteiger partial charge is 0.326 e. The molecule has 20 heavy (non-hydrogen) atoms. The summed E-state index contributed by atoms with van der Waals surface area (Å²) < 4.78 is 0.826. The number of carbonyl (C=O) groups excluding carboxylic acids is 1. The molecule has 3 heterocycles. The van der Waals surface area contributed by atoms with Crippen molar-refractivity contribution < 1.29 is 14.7 Å². The lowest BCUT2D eigenvalue weighted by atomic mass is 10.0. The van der Waals surface area contributed by atoms with Crippen molar-refractivity contribution in [2.45, 2.75) is 25.3 Å². The van der Waals surface area contributed by atoms with Crippen LogP contribution in [0.15, 0.2) is 23.7 Å². The highest BCUT2D eigenvalue weighted by molar-refractivity contribution is 7.17. The second-order valence-electron chi connectivity index (χ2n) is 4.85. The summed E-state index contributed by atoms with van der Waals surface area (Å²) in [6.45, 7) is 0.485. The van der Waals surface area contributed by atoms with Crippen LogP contribution in [-0.4, -0.2) is 39.5 Å². The number of thiophene rings is 1. The summed E-state index contributed by atoms with van der Waals surface area (Å²) in [5.74, 6) is -1.21. The Bertz CT molecular complexity index is 667. The zero-order valence-corrected chi connectivity index (χ0v) is 11.6. The molecule has 1 aliphatic rings. The Hall–Kier alpha value is -1.95. The first-order chi connectivity index (χ1) is 9.68. The average Bonchev–Trinajstić information content (AvgIpc) is 2.94. The first-order valence-corrected chi connectivity index (χ1v) is 7.42. The molecule has 104 valence electrons. The number of nitrogens with zero attached hydrogens (tertiary/aromatic N) is 2. The minimum atomic E-state index is -0.934. The molecule has 5 nitrogen and oxygen atoms in total. The Kier molecular flexibility index (Phi) is 3.40. The van der Waals surface area contributed by atoms with Crippen LogP contribution in [0.4, 0.5) is 0 Å². The number of amides is 1. The van der Waals surface area contributed by atoms with Crippen LogP contribution in [0.3, 0.4) is 0 Å². The van der Waals surface area contributed by atoms with E-state index < -0.39 is 12.0 Å². The predicted molar refractivity (Wildman–Crippen MR) is 75.9 cm³/mol. The molecular formula is C14H14N2O3S. The van der Waals surface area contributed by atoms with Gasteiger partial charge >= 0.3 is 5.97 Å². The Morgan fingerprint density at radius 3 is 3.00 bits per heavy atom. The van der Waals surface area contributed by atoms with Crippen LogP contribution in [0.1, 0.15) is 29.8 Å². The third-order valence-corrected chi connectivity index (χ3v) is 4.56. The van der Waals surface area contributed by atoms with Crippen LogP contribution >= 0.6 is 11.3 Å². The van der Waals surface area contributed by atoms with Gasteiger partial charge in [0.15, 0.2) is 0 Å². The number of aromatic nitrogens is 1. The maximum absolute atomic E-state index is 12.6. The van der Waals surface area contributed by atoms with Crippen molar-refractivity contribution >= 4 is 33.3 Å². The maximum Gasteiger partial charge on any atom is 0.326 e. The molecule has 0 saturated carbocycles. The molecule has 2 aromatic rings. The number of carboxylic acid groups (broad SMARTS) is 1. The Labute approximate surface area is 119 Å². The van der Waals surface area contributed by atoms with Crippen LogP contribution in [-0.2, 0) is 4.79 Å². The quantitative estimate of drug-likeness (QED) is 0.921. The number of carbonyl (C=O) groups is 2. The van der Waals surface area contributed by atoms with Gasteiger partial charge in [0.2, 0.25) is 0 Å². The minimum Gasteiger partial charge on any atom is -0.480 e. The van der Waals surface area contributed by atoms with E-state index in [1.165, 1.54) is 16.2 Å². The monoisotopic (exact) mass is 290 g/mol. The van der Waals surface area contributed by atoms with E-state index in [0.29, 0.717) is 18.7 Å². The van der Waals surface area contributed by atoms with Gasteiger partial charge in [-0.1, -0.05) is 0 Å². The maximum atomic E-state index is 12.6. The van der Waals surface area contributed by atoms with Crippen LogP contribution < -0.4 is 0 Å². The molecule has 1 saturated heterocycles. The fourth-order valence-corrected chi connectivity index (χ4v) is 3.49. The van der Waals surface area contributed by atoms with Gasteiger partial charge < -0.3 is 10.0 Å². The third kappa shape index (κ3) is 2.16. The molecule has 1 amide bonds. The number of hydrogen-bond acceptors (Lipinski definition) is 4. The van der Waals surface area contributed by atoms with E-state index in [0.717, 1.165) is 22.9 Å². The molecule has 0 unspecified atom stereocenters. The van der Waals surface area contributed by atoms with Crippen LogP contribution in [0.25, 0.3) is 10.1 Å². The van der Waals surface area contributed by atoms with Gasteiger partial charge in [-0.05, 0) is 42.2 Å². The van der Waals surface area contributed by atoms with Gasteiger partial charge in [-0.3, -0.25) is 4.79 Å². The van der Waals surface area contributed by atoms with Gasteiger partial charge in [-0.15, -0.1) is 11.3 Å². The standard InChI is InChI=1S/C14H14N2O3S/c17-13(16-7-2-1-3-10(16)14(18)19)11-12-9(4-6-15-11)5-8-20-12/h4-6,8,10H,1-3,7H2,(H,18,19)/t10-/m1/s1. The highest BCUT2D eigenvalue weighted by Gasteiger charge is 2.33. The summed E-state index contributed by atoms with van der Waals surface area (Å²) in [5, 5.41) is 12.1. The number of likely N-dealkylation sites (tertiary alicyclic amines) is 1. The topological polar surface area (TPSA) is 70.5 Å². The van der Waals surface area contributed by atoms with E-state index in [2.05, 4.69) is 4.98 Å². The number of carboxylic acids is 1. The average molecular weight is 290 g/mol. The second-order valence-corrected chi connectivity index (χ2v) is 5.76. The zero-order chi connectivity index (χ0) is 14.1. The van der Waals surface area contributed by atoms with E-state index in [-0.39, 0.29) is 5.91 Å². The van der Waals surface area contributed by atoms with E-state index in [4.69, 9.17) is 0 Å². The SMILES string of the molecule is O=C(O)[C@H]1CCCCN1C(=O)c1nccc2ccsc12. The number of fused-ring (bicyclic) bond motifs is 1. The molecule has 1 fully saturated rings. The van der Waals surface area contributed by atoms with Gasteiger partial charge in [0.05, 0.1) is 4.70 Å². The van der Waals surface area contributed by atoms with Crippen LogP contribution in [0, 0.1) is 0 Å². The fourth-order valence-electron chi connectivity index (χ4n) is 2.61. The molecular weight excluding hydrogens is 276 g/mol. The molecule has 0 bridgehead atoms. The van der Waals surface area contributed by atoms with Crippen molar-refractivity contribution in [2.24, 2.45) is 0 Å². The first-order valence-electron chi connectivity index (χ1n) is 6.54. The predicted octanol–water partition coefficient (Wildman–Crippen LogP) is 2.38. The summed E-state index contributed by atoms with van der Waals surface area (Å²) in [7, 11) is 0. The molecule has 2 aromatic heterocycles. The van der Waals surface area contributed by atoms with Gasteiger partial charge in [0, 0.05) is 12.7 Å². The van der Waals surface area contributed by atoms with Gasteiger partial charge in [0.25, 0.3) is 5.91 Å². The molecule has 0 spiro atoms. The zero-order valence-electron chi connectivity index (χ0n) is 10.8. The molecule has 6 heteroatoms. The number of piperidine rings is 1. The summed E-state index contributed by atoms with van der Waals surface area (Å²) in [5.41, 5.74) is 0.366. The molecule has 1 aliphatic heterocycles. The van der Waals surface area contributed by atoms with Crippen molar-refractivity contribution in [1.29, 1.82) is 0 Å². The van der Waals surface area contributed by atoms with Crippen molar-refractivity contribution in [1.82, 2.24) is 9.88 Å². The lowest BCUT2D eigenvalue weighted by Gasteiger charge is -2.32. The number of pyridine rings is 1. The summed E-state index contributed by atoms with van der Waals surface area (Å²) >= 11 is 1.46. The van der Waals surface area contributed by atoms with Crippen molar-refractivity contribution in [3.05, 3.63) is 29.4 Å². The van der Waals surface area contributed by atoms with E-state index in [9.17, 15) is 14.7 Å². The van der Waals surface area contributed by atoms with Gasteiger partial charge in [-0.25, -0.2) is 9.78 Å². The third-order valence-electron chi connectivity index (χ3n) is 3.62. The number of aliphatic carboxylic acids is 1. The van der Waals surface area contributed by atoms with Crippen molar-refractivity contribution in [3.63, 3.8) is 0 Å². The number of rotatable bonds is 2. The highest BCUT2D eigenvalue weighted by Crippen LogP contribution is 2.26. The van der Waals surface area contributed by atoms with Gasteiger partial charge in [0.1, 0.15) is 11.7 Å².